The van der Waals surface area contributed by atoms with E-state index in [-0.39, 0.29) is 23.7 Å². The third kappa shape index (κ3) is 3.30. The summed E-state index contributed by atoms with van der Waals surface area (Å²) in [4.78, 5) is 12.7. The van der Waals surface area contributed by atoms with Crippen LogP contribution in [0, 0.1) is 12.7 Å². The van der Waals surface area contributed by atoms with E-state index in [0.717, 1.165) is 25.1 Å². The Morgan fingerprint density at radius 3 is 2.75 bits per heavy atom. The van der Waals surface area contributed by atoms with E-state index in [4.69, 9.17) is 11.6 Å². The number of amides is 1. The van der Waals surface area contributed by atoms with Crippen molar-refractivity contribution in [2.45, 2.75) is 25.3 Å². The largest absolute Gasteiger partial charge is 0.348 e. The van der Waals surface area contributed by atoms with Gasteiger partial charge in [-0.1, -0.05) is 23.7 Å². The van der Waals surface area contributed by atoms with Crippen LogP contribution in [-0.4, -0.2) is 34.8 Å². The Balaban J connectivity index is 1.81. The second-order valence-corrected chi connectivity index (χ2v) is 6.46. The fourth-order valence-corrected chi connectivity index (χ4v) is 3.48. The first-order valence-corrected chi connectivity index (χ1v) is 8.31. The summed E-state index contributed by atoms with van der Waals surface area (Å²) in [5.41, 5.74) is 2.02. The number of nitrogens with zero attached hydrogens (tertiary/aromatic N) is 2. The zero-order valence-electron chi connectivity index (χ0n) is 13.6. The summed E-state index contributed by atoms with van der Waals surface area (Å²) in [5, 5.41) is 10.9. The van der Waals surface area contributed by atoms with Gasteiger partial charge in [0, 0.05) is 25.6 Å². The summed E-state index contributed by atoms with van der Waals surface area (Å²) in [6.07, 6.45) is 0.796. The van der Waals surface area contributed by atoms with Gasteiger partial charge >= 0.3 is 0 Å². The average Bonchev–Trinajstić information content (AvgIpc) is 2.81. The van der Waals surface area contributed by atoms with Gasteiger partial charge < -0.3 is 10.6 Å². The minimum atomic E-state index is -0.263. The van der Waals surface area contributed by atoms with Crippen LogP contribution in [0.1, 0.15) is 34.0 Å². The number of piperidine rings is 1. The van der Waals surface area contributed by atoms with E-state index < -0.39 is 0 Å². The van der Waals surface area contributed by atoms with E-state index in [1.165, 1.54) is 16.8 Å². The van der Waals surface area contributed by atoms with Crippen molar-refractivity contribution in [3.63, 3.8) is 0 Å². The Labute approximate surface area is 145 Å². The number of carbonyl (C=O) groups excluding carboxylic acids is 1. The van der Waals surface area contributed by atoms with Crippen LogP contribution in [0.3, 0.4) is 0 Å². The molecule has 0 aliphatic carbocycles. The van der Waals surface area contributed by atoms with Gasteiger partial charge in [0.05, 0.1) is 11.3 Å². The van der Waals surface area contributed by atoms with Crippen molar-refractivity contribution in [2.24, 2.45) is 7.05 Å². The molecule has 7 heteroatoms. The fraction of sp³-hybridized carbons (Fsp3) is 0.412. The molecule has 0 unspecified atom stereocenters. The van der Waals surface area contributed by atoms with Crippen LogP contribution in [0.15, 0.2) is 24.3 Å². The number of aryl methyl sites for hydroxylation is 2. The van der Waals surface area contributed by atoms with Crippen molar-refractivity contribution in [3.05, 3.63) is 52.1 Å². The molecule has 128 valence electrons. The van der Waals surface area contributed by atoms with Gasteiger partial charge in [0.25, 0.3) is 5.91 Å². The third-order valence-corrected chi connectivity index (χ3v) is 4.91. The smallest absolute Gasteiger partial charge is 0.256 e. The van der Waals surface area contributed by atoms with Gasteiger partial charge in [-0.3, -0.25) is 9.48 Å². The normalized spacial score (nSPS) is 20.8. The van der Waals surface area contributed by atoms with E-state index in [9.17, 15) is 9.18 Å². The van der Waals surface area contributed by atoms with Gasteiger partial charge in [-0.25, -0.2) is 4.39 Å². The lowest BCUT2D eigenvalue weighted by Gasteiger charge is -2.33. The zero-order valence-corrected chi connectivity index (χ0v) is 14.4. The topological polar surface area (TPSA) is 59.0 Å². The van der Waals surface area contributed by atoms with E-state index in [2.05, 4.69) is 15.7 Å². The molecular weight excluding hydrogens is 331 g/mol. The minimum absolute atomic E-state index is 0.0418. The first-order valence-electron chi connectivity index (χ1n) is 7.93. The van der Waals surface area contributed by atoms with Crippen molar-refractivity contribution in [1.29, 1.82) is 0 Å². The van der Waals surface area contributed by atoms with Gasteiger partial charge in [-0.2, -0.15) is 5.10 Å². The molecule has 0 spiro atoms. The molecule has 5 nitrogen and oxygen atoms in total. The molecule has 2 N–H and O–H groups in total. The van der Waals surface area contributed by atoms with Gasteiger partial charge in [-0.15, -0.1) is 0 Å². The van der Waals surface area contributed by atoms with Gasteiger partial charge in [0.15, 0.2) is 0 Å². The molecule has 2 heterocycles. The molecule has 24 heavy (non-hydrogen) atoms. The molecule has 0 radical (unpaired) electrons. The molecular formula is C17H20ClFN4O. The summed E-state index contributed by atoms with van der Waals surface area (Å²) >= 11 is 6.18. The van der Waals surface area contributed by atoms with E-state index in [1.807, 2.05) is 0 Å². The molecule has 1 aromatic carbocycles. The maximum Gasteiger partial charge on any atom is 0.256 e. The van der Waals surface area contributed by atoms with Crippen molar-refractivity contribution in [2.75, 3.05) is 13.1 Å². The lowest BCUT2D eigenvalue weighted by atomic mass is 9.86. The molecule has 3 rings (SSSR count). The van der Waals surface area contributed by atoms with Crippen LogP contribution in [0.25, 0.3) is 0 Å². The van der Waals surface area contributed by atoms with Crippen LogP contribution < -0.4 is 10.6 Å². The number of nitrogens with one attached hydrogen (secondary N) is 2. The summed E-state index contributed by atoms with van der Waals surface area (Å²) in [5.74, 6) is -0.399. The predicted molar refractivity (Wildman–Crippen MR) is 90.8 cm³/mol. The molecule has 1 amide bonds. The van der Waals surface area contributed by atoms with Crippen LogP contribution in [0.5, 0.6) is 0 Å². The number of rotatable bonds is 3. The molecule has 1 aromatic heterocycles. The molecule has 1 aliphatic heterocycles. The highest BCUT2D eigenvalue weighted by Crippen LogP contribution is 2.25. The number of halogens is 2. The van der Waals surface area contributed by atoms with Crippen LogP contribution in [0.2, 0.25) is 5.15 Å². The summed E-state index contributed by atoms with van der Waals surface area (Å²) in [6.45, 7) is 3.32. The molecule has 1 saturated heterocycles. The van der Waals surface area contributed by atoms with E-state index >= 15 is 0 Å². The second-order valence-electron chi connectivity index (χ2n) is 6.11. The quantitative estimate of drug-likeness (QED) is 0.893. The second kappa shape index (κ2) is 6.91. The van der Waals surface area contributed by atoms with Gasteiger partial charge in [0.2, 0.25) is 0 Å². The van der Waals surface area contributed by atoms with Crippen LogP contribution in [0.4, 0.5) is 4.39 Å². The summed E-state index contributed by atoms with van der Waals surface area (Å²) < 4.78 is 14.7. The first-order chi connectivity index (χ1) is 11.5. The number of hydrogen-bond donors (Lipinski definition) is 2. The summed E-state index contributed by atoms with van der Waals surface area (Å²) in [7, 11) is 1.71. The molecule has 2 aromatic rings. The van der Waals surface area contributed by atoms with Crippen molar-refractivity contribution in [1.82, 2.24) is 20.4 Å². The number of aromatic nitrogens is 2. The maximum atomic E-state index is 13.2. The Morgan fingerprint density at radius 1 is 1.42 bits per heavy atom. The molecule has 1 aliphatic rings. The fourth-order valence-electron chi connectivity index (χ4n) is 3.22. The van der Waals surface area contributed by atoms with E-state index in [0.29, 0.717) is 16.4 Å². The number of hydrogen-bond acceptors (Lipinski definition) is 3. The SMILES string of the molecule is Cc1nn(C)c(Cl)c1C(=O)N[C@@H]1CCNC[C@@H]1c1ccc(F)cc1. The molecule has 2 atom stereocenters. The molecule has 0 saturated carbocycles. The number of benzene rings is 1. The molecule has 1 fully saturated rings. The zero-order chi connectivity index (χ0) is 17.3. The third-order valence-electron chi connectivity index (χ3n) is 4.48. The van der Waals surface area contributed by atoms with Gasteiger partial charge in [-0.05, 0) is 37.6 Å². The Kier molecular flexibility index (Phi) is 4.87. The van der Waals surface area contributed by atoms with Crippen molar-refractivity contribution < 1.29 is 9.18 Å². The average molecular weight is 351 g/mol. The van der Waals surface area contributed by atoms with E-state index in [1.54, 1.807) is 26.1 Å². The highest BCUT2D eigenvalue weighted by atomic mass is 35.5. The van der Waals surface area contributed by atoms with Crippen LogP contribution >= 0.6 is 11.6 Å². The van der Waals surface area contributed by atoms with Gasteiger partial charge in [0.1, 0.15) is 11.0 Å². The number of carbonyl (C=O) groups is 1. The Bertz CT molecular complexity index is 744. The lowest BCUT2D eigenvalue weighted by molar-refractivity contribution is 0.0923. The Morgan fingerprint density at radius 2 is 2.12 bits per heavy atom. The summed E-state index contributed by atoms with van der Waals surface area (Å²) in [6, 6.07) is 6.40. The van der Waals surface area contributed by atoms with Crippen molar-refractivity contribution >= 4 is 17.5 Å². The highest BCUT2D eigenvalue weighted by molar-refractivity contribution is 6.33. The highest BCUT2D eigenvalue weighted by Gasteiger charge is 2.29. The predicted octanol–water partition coefficient (Wildman–Crippen LogP) is 2.40. The Hall–Kier alpha value is -1.92. The monoisotopic (exact) mass is 350 g/mol. The lowest BCUT2D eigenvalue weighted by Crippen LogP contribution is -2.48. The minimum Gasteiger partial charge on any atom is -0.348 e. The van der Waals surface area contributed by atoms with Crippen LogP contribution in [-0.2, 0) is 7.05 Å². The van der Waals surface area contributed by atoms with Crippen molar-refractivity contribution in [3.8, 4) is 0 Å². The maximum absolute atomic E-state index is 13.2. The first kappa shape index (κ1) is 16.9. The standard InChI is InChI=1S/C17H20ClFN4O/c1-10-15(16(18)23(2)22-10)17(24)21-14-7-8-20-9-13(14)11-3-5-12(19)6-4-11/h3-6,13-14,20H,7-9H2,1-2H3,(H,21,24)/t13-,14-/m1/s1. The molecule has 0 bridgehead atoms.